The molecule has 12 heteroatoms. The number of aromatic nitrogens is 1. The molecule has 0 spiro atoms. The average molecular weight is 533 g/mol. The first-order valence-electron chi connectivity index (χ1n) is 11.3. The van der Waals surface area contributed by atoms with Gasteiger partial charge in [0.15, 0.2) is 0 Å². The van der Waals surface area contributed by atoms with Gasteiger partial charge in [0.05, 0.1) is 18.4 Å². The van der Waals surface area contributed by atoms with Crippen molar-refractivity contribution in [3.8, 4) is 0 Å². The molecule has 0 aliphatic rings. The molecular weight excluding hydrogens is 505 g/mol. The number of benzene rings is 2. The minimum absolute atomic E-state index is 0.133. The van der Waals surface area contributed by atoms with Gasteiger partial charge in [-0.25, -0.2) is 9.59 Å². The lowest BCUT2D eigenvalue weighted by molar-refractivity contribution is -0.192. The maximum atomic E-state index is 12.5. The third-order valence-electron chi connectivity index (χ3n) is 5.08. The van der Waals surface area contributed by atoms with Gasteiger partial charge < -0.3 is 25.6 Å². The molecule has 1 amide bonds. The molecule has 4 N–H and O–H groups in total. The number of ether oxygens (including phenoxy) is 1. The van der Waals surface area contributed by atoms with Gasteiger partial charge >= 0.3 is 18.1 Å². The van der Waals surface area contributed by atoms with Gasteiger partial charge in [-0.2, -0.15) is 18.3 Å². The Morgan fingerprint density at radius 2 is 1.76 bits per heavy atom. The summed E-state index contributed by atoms with van der Waals surface area (Å²) < 4.78 is 39.0. The number of carbonyl (C=O) groups excluding carboxylic acids is 2. The number of nitrogens with two attached hydrogens (primary N) is 1. The molecule has 1 heterocycles. The molecule has 0 aliphatic carbocycles. The van der Waals surface area contributed by atoms with E-state index in [0.717, 1.165) is 22.3 Å². The Hall–Kier alpha value is -4.61. The summed E-state index contributed by atoms with van der Waals surface area (Å²) in [6, 6.07) is 15.2. The Kier molecular flexibility index (Phi) is 10.6. The van der Waals surface area contributed by atoms with Gasteiger partial charge in [-0.15, -0.1) is 0 Å². The minimum atomic E-state index is -5.08. The third-order valence-corrected chi connectivity index (χ3v) is 5.08. The molecule has 0 fully saturated rings. The summed E-state index contributed by atoms with van der Waals surface area (Å²) in [6.45, 7) is 2.69. The zero-order valence-corrected chi connectivity index (χ0v) is 20.7. The molecular formula is C26H27F3N4O5. The monoisotopic (exact) mass is 532 g/mol. The number of nitrogens with zero attached hydrogens (tertiary/aromatic N) is 2. The lowest BCUT2D eigenvalue weighted by Gasteiger charge is -2.05. The zero-order valence-electron chi connectivity index (χ0n) is 20.7. The van der Waals surface area contributed by atoms with Crippen molar-refractivity contribution in [1.82, 2.24) is 9.88 Å². The molecule has 0 saturated heterocycles. The second-order valence-corrected chi connectivity index (χ2v) is 7.87. The maximum Gasteiger partial charge on any atom is 0.490 e. The van der Waals surface area contributed by atoms with Crippen LogP contribution in [0.1, 0.15) is 49.9 Å². The van der Waals surface area contributed by atoms with Gasteiger partial charge in [-0.1, -0.05) is 30.3 Å². The van der Waals surface area contributed by atoms with Crippen molar-refractivity contribution in [2.45, 2.75) is 26.1 Å². The molecule has 0 bridgehead atoms. The molecule has 0 saturated carbocycles. The highest BCUT2D eigenvalue weighted by Crippen LogP contribution is 2.19. The molecule has 0 atom stereocenters. The Morgan fingerprint density at radius 1 is 1.11 bits per heavy atom. The number of halogens is 3. The standard InChI is InChI=1S/C24H26N4O3.C2HF3O2/c1-3-31-24(30)22-16-28(14-19-6-4-5-18(11-19)13-27-25)15-21(22)12-17-7-9-20(10-8-17)23(29)26-2;3-2(4,5)1(6)7/h4-11,13,15-16H,3,12,14,25H2,1-2H3,(H,26,29);(H,6,7)/b27-13-;. The molecule has 0 aliphatic heterocycles. The molecule has 3 rings (SSSR count). The number of hydrazone groups is 1. The fourth-order valence-corrected chi connectivity index (χ4v) is 3.39. The fourth-order valence-electron chi connectivity index (χ4n) is 3.39. The van der Waals surface area contributed by atoms with Crippen molar-refractivity contribution in [2.24, 2.45) is 10.9 Å². The van der Waals surface area contributed by atoms with E-state index >= 15 is 0 Å². The van der Waals surface area contributed by atoms with E-state index in [2.05, 4.69) is 10.4 Å². The topological polar surface area (TPSA) is 136 Å². The number of carboxylic acid groups (broad SMARTS) is 1. The van der Waals surface area contributed by atoms with Crippen molar-refractivity contribution < 1.29 is 37.4 Å². The quantitative estimate of drug-likeness (QED) is 0.176. The van der Waals surface area contributed by atoms with Crippen LogP contribution in [0, 0.1) is 0 Å². The van der Waals surface area contributed by atoms with Gasteiger partial charge in [-0.3, -0.25) is 4.79 Å². The van der Waals surface area contributed by atoms with Crippen LogP contribution in [0.4, 0.5) is 13.2 Å². The van der Waals surface area contributed by atoms with Crippen LogP contribution in [0.3, 0.4) is 0 Å². The first kappa shape index (κ1) is 29.6. The lowest BCUT2D eigenvalue weighted by Crippen LogP contribution is -2.21. The number of alkyl halides is 3. The van der Waals surface area contributed by atoms with Crippen LogP contribution in [0.2, 0.25) is 0 Å². The highest BCUT2D eigenvalue weighted by Gasteiger charge is 2.38. The minimum Gasteiger partial charge on any atom is -0.475 e. The van der Waals surface area contributed by atoms with Crippen LogP contribution < -0.4 is 11.2 Å². The van der Waals surface area contributed by atoms with E-state index in [-0.39, 0.29) is 11.9 Å². The Morgan fingerprint density at radius 3 is 2.32 bits per heavy atom. The molecule has 9 nitrogen and oxygen atoms in total. The second-order valence-electron chi connectivity index (χ2n) is 7.87. The Labute approximate surface area is 216 Å². The second kappa shape index (κ2) is 13.6. The van der Waals surface area contributed by atoms with Crippen molar-refractivity contribution in [3.05, 3.63) is 94.3 Å². The molecule has 2 aromatic carbocycles. The summed E-state index contributed by atoms with van der Waals surface area (Å²) in [5, 5.41) is 13.3. The van der Waals surface area contributed by atoms with E-state index in [1.165, 1.54) is 0 Å². The van der Waals surface area contributed by atoms with E-state index in [9.17, 15) is 22.8 Å². The number of hydrogen-bond donors (Lipinski definition) is 3. The number of hydrogen-bond acceptors (Lipinski definition) is 6. The van der Waals surface area contributed by atoms with E-state index in [1.54, 1.807) is 32.3 Å². The normalized spacial score (nSPS) is 11.0. The number of carboxylic acids is 1. The zero-order chi connectivity index (χ0) is 28.3. The van der Waals surface area contributed by atoms with Crippen LogP contribution >= 0.6 is 0 Å². The highest BCUT2D eigenvalue weighted by atomic mass is 19.4. The molecule has 202 valence electrons. The van der Waals surface area contributed by atoms with Crippen LogP contribution in [0.25, 0.3) is 0 Å². The van der Waals surface area contributed by atoms with Crippen molar-refractivity contribution in [3.63, 3.8) is 0 Å². The first-order chi connectivity index (χ1) is 18.0. The van der Waals surface area contributed by atoms with E-state index in [4.69, 9.17) is 20.5 Å². The summed E-state index contributed by atoms with van der Waals surface area (Å²) in [5.41, 5.74) is 4.97. The van der Waals surface area contributed by atoms with E-state index in [1.807, 2.05) is 53.4 Å². The van der Waals surface area contributed by atoms with Crippen molar-refractivity contribution in [1.29, 1.82) is 0 Å². The van der Waals surface area contributed by atoms with Gasteiger partial charge in [0, 0.05) is 31.5 Å². The Balaban J connectivity index is 0.000000638. The summed E-state index contributed by atoms with van der Waals surface area (Å²) in [6.07, 6.45) is 0.838. The lowest BCUT2D eigenvalue weighted by atomic mass is 10.0. The third kappa shape index (κ3) is 8.80. The first-order valence-corrected chi connectivity index (χ1v) is 11.3. The van der Waals surface area contributed by atoms with E-state index < -0.39 is 12.1 Å². The van der Waals surface area contributed by atoms with Crippen molar-refractivity contribution >= 4 is 24.1 Å². The molecule has 3 aromatic rings. The Bertz CT molecular complexity index is 1280. The number of aliphatic carboxylic acids is 1. The maximum absolute atomic E-state index is 12.5. The molecule has 0 unspecified atom stereocenters. The van der Waals surface area contributed by atoms with Crippen molar-refractivity contribution in [2.75, 3.05) is 13.7 Å². The number of rotatable bonds is 8. The largest absolute Gasteiger partial charge is 0.490 e. The van der Waals surface area contributed by atoms with Gasteiger partial charge in [0.25, 0.3) is 5.91 Å². The molecule has 38 heavy (non-hydrogen) atoms. The van der Waals surface area contributed by atoms with E-state index in [0.29, 0.717) is 30.7 Å². The van der Waals surface area contributed by atoms with Crippen LogP contribution in [0.15, 0.2) is 66.0 Å². The predicted molar refractivity (Wildman–Crippen MR) is 134 cm³/mol. The highest BCUT2D eigenvalue weighted by molar-refractivity contribution is 5.94. The number of esters is 1. The van der Waals surface area contributed by atoms with Gasteiger partial charge in [0.1, 0.15) is 0 Å². The van der Waals surface area contributed by atoms with Crippen LogP contribution in [-0.2, 0) is 22.5 Å². The summed E-state index contributed by atoms with van der Waals surface area (Å²) >= 11 is 0. The summed E-state index contributed by atoms with van der Waals surface area (Å²) in [7, 11) is 1.60. The van der Waals surface area contributed by atoms with Crippen LogP contribution in [-0.4, -0.2) is 53.6 Å². The average Bonchev–Trinajstić information content (AvgIpc) is 3.26. The smallest absolute Gasteiger partial charge is 0.475 e. The SMILES string of the molecule is CCOC(=O)c1cn(Cc2cccc(/C=N\N)c2)cc1Cc1ccc(C(=O)NC)cc1.O=C(O)C(F)(F)F. The number of nitrogens with one attached hydrogen (secondary N) is 1. The molecule has 1 aromatic heterocycles. The number of carbonyl (C=O) groups is 3. The summed E-state index contributed by atoms with van der Waals surface area (Å²) in [4.78, 5) is 33.2. The molecule has 0 radical (unpaired) electrons. The fraction of sp³-hybridized carbons (Fsp3) is 0.231. The van der Waals surface area contributed by atoms with Gasteiger partial charge in [-0.05, 0) is 53.8 Å². The predicted octanol–water partition coefficient (Wildman–Crippen LogP) is 3.59. The van der Waals surface area contributed by atoms with Crippen LogP contribution in [0.5, 0.6) is 0 Å². The summed E-state index contributed by atoms with van der Waals surface area (Å²) in [5.74, 6) is 2.01. The number of amides is 1. The van der Waals surface area contributed by atoms with Gasteiger partial charge in [0.2, 0.25) is 0 Å².